The van der Waals surface area contributed by atoms with Gasteiger partial charge in [-0.2, -0.15) is 0 Å². The summed E-state index contributed by atoms with van der Waals surface area (Å²) in [5.74, 6) is 0. The molecule has 0 fully saturated rings. The van der Waals surface area contributed by atoms with Gasteiger partial charge in [-0.25, -0.2) is 0 Å². The number of hydrogen-bond donors (Lipinski definition) is 0. The van der Waals surface area contributed by atoms with Crippen LogP contribution in [0.1, 0.15) is 0 Å². The van der Waals surface area contributed by atoms with Crippen LogP contribution < -0.4 is 0 Å². The molecule has 104 valence electrons. The second-order valence-corrected chi connectivity index (χ2v) is 9.41. The Labute approximate surface area is 106 Å². The Balaban J connectivity index is 4.63. The van der Waals surface area contributed by atoms with Gasteiger partial charge in [0.05, 0.1) is 0 Å². The summed E-state index contributed by atoms with van der Waals surface area (Å²) >= 11 is 0. The molecule has 0 aromatic heterocycles. The minimum atomic E-state index is -3.33. The highest BCUT2D eigenvalue weighted by atomic mass is 28.5. The summed E-state index contributed by atoms with van der Waals surface area (Å²) in [6.07, 6.45) is 0. The van der Waals surface area contributed by atoms with Gasteiger partial charge in [-0.15, -0.1) is 0 Å². The van der Waals surface area contributed by atoms with E-state index in [1.165, 1.54) is 42.7 Å². The van der Waals surface area contributed by atoms with Crippen molar-refractivity contribution >= 4 is 28.1 Å². The molecule has 8 nitrogen and oxygen atoms in total. The highest BCUT2D eigenvalue weighted by Crippen LogP contribution is 2.13. The van der Waals surface area contributed by atoms with Gasteiger partial charge in [-0.05, 0) is 0 Å². The van der Waals surface area contributed by atoms with Crippen molar-refractivity contribution in [3.8, 4) is 0 Å². The van der Waals surface area contributed by atoms with Crippen LogP contribution in [-0.2, 0) is 34.8 Å². The molecular formula is C6H20O8Si3. The van der Waals surface area contributed by atoms with Gasteiger partial charge in [-0.3, -0.25) is 0 Å². The van der Waals surface area contributed by atoms with Crippen molar-refractivity contribution in [2.24, 2.45) is 0 Å². The summed E-state index contributed by atoms with van der Waals surface area (Å²) in [5, 5.41) is 0. The van der Waals surface area contributed by atoms with Crippen LogP contribution >= 0.6 is 0 Å². The Morgan fingerprint density at radius 1 is 0.588 bits per heavy atom. The van der Waals surface area contributed by atoms with Crippen LogP contribution in [0, 0.1) is 0 Å². The maximum atomic E-state index is 5.51. The average Bonchev–Trinajstić information content (AvgIpc) is 2.40. The number of rotatable bonds is 10. The summed E-state index contributed by atoms with van der Waals surface area (Å²) in [7, 11) is 0.753. The predicted octanol–water partition coefficient (Wildman–Crippen LogP) is -1.23. The van der Waals surface area contributed by atoms with Crippen LogP contribution in [-0.4, -0.2) is 70.8 Å². The second kappa shape index (κ2) is 9.29. The van der Waals surface area contributed by atoms with Gasteiger partial charge in [0.25, 0.3) is 0 Å². The lowest BCUT2D eigenvalue weighted by Gasteiger charge is -2.29. The highest BCUT2D eigenvalue weighted by Gasteiger charge is 2.49. The van der Waals surface area contributed by atoms with Gasteiger partial charge in [-0.1, -0.05) is 0 Å². The lowest BCUT2D eigenvalue weighted by Crippen LogP contribution is -2.55. The van der Waals surface area contributed by atoms with Crippen molar-refractivity contribution in [1.29, 1.82) is 0 Å². The minimum absolute atomic E-state index is 1.42. The van der Waals surface area contributed by atoms with Crippen molar-refractivity contribution in [3.63, 3.8) is 0 Å². The minimum Gasteiger partial charge on any atom is -0.380 e. The zero-order valence-electron chi connectivity index (χ0n) is 10.9. The zero-order chi connectivity index (χ0) is 13.3. The molecule has 0 aliphatic rings. The van der Waals surface area contributed by atoms with Gasteiger partial charge in [0, 0.05) is 42.7 Å². The van der Waals surface area contributed by atoms with E-state index in [1.807, 2.05) is 0 Å². The molecule has 0 saturated carbocycles. The molecule has 0 heterocycles. The first-order valence-electron chi connectivity index (χ1n) is 4.68. The smallest absolute Gasteiger partial charge is 0.380 e. The van der Waals surface area contributed by atoms with Gasteiger partial charge in [0.15, 0.2) is 0 Å². The molecule has 17 heavy (non-hydrogen) atoms. The first-order chi connectivity index (χ1) is 8.11. The van der Waals surface area contributed by atoms with E-state index in [4.69, 9.17) is 34.8 Å². The molecule has 0 bridgehead atoms. The fraction of sp³-hybridized carbons (Fsp3) is 1.00. The Bertz CT molecular complexity index is 168. The first kappa shape index (κ1) is 17.3. The summed E-state index contributed by atoms with van der Waals surface area (Å²) in [6.45, 7) is 0. The summed E-state index contributed by atoms with van der Waals surface area (Å²) < 4.78 is 41.5. The van der Waals surface area contributed by atoms with Gasteiger partial charge in [0.2, 0.25) is 0 Å². The van der Waals surface area contributed by atoms with E-state index in [9.17, 15) is 0 Å². The van der Waals surface area contributed by atoms with Crippen LogP contribution in [0.25, 0.3) is 0 Å². The highest BCUT2D eigenvalue weighted by molar-refractivity contribution is 6.67. The third-order valence-corrected chi connectivity index (χ3v) is 8.14. The topological polar surface area (TPSA) is 73.8 Å². The quantitative estimate of drug-likeness (QED) is 0.465. The molecule has 0 radical (unpaired) electrons. The third kappa shape index (κ3) is 5.67. The zero-order valence-corrected chi connectivity index (χ0v) is 14.2. The van der Waals surface area contributed by atoms with Gasteiger partial charge >= 0.3 is 28.1 Å². The molecule has 0 atom stereocenters. The van der Waals surface area contributed by atoms with Crippen molar-refractivity contribution in [2.45, 2.75) is 0 Å². The molecule has 0 unspecified atom stereocenters. The maximum Gasteiger partial charge on any atom is 0.663 e. The lowest BCUT2D eigenvalue weighted by molar-refractivity contribution is 0.0291. The fourth-order valence-electron chi connectivity index (χ4n) is 0.924. The first-order valence-corrected chi connectivity index (χ1v) is 9.14. The SMILES string of the molecule is CO[SiH](OC)O[Si](OC)(OC)O[SiH](OC)OC. The third-order valence-electron chi connectivity index (χ3n) is 1.75. The van der Waals surface area contributed by atoms with E-state index in [2.05, 4.69) is 0 Å². The van der Waals surface area contributed by atoms with E-state index in [-0.39, 0.29) is 0 Å². The maximum absolute atomic E-state index is 5.51. The molecule has 0 aromatic rings. The number of hydrogen-bond acceptors (Lipinski definition) is 8. The molecule has 0 saturated heterocycles. The van der Waals surface area contributed by atoms with Crippen LogP contribution in [0.5, 0.6) is 0 Å². The van der Waals surface area contributed by atoms with E-state index in [1.54, 1.807) is 0 Å². The lowest BCUT2D eigenvalue weighted by atomic mass is 11.8. The van der Waals surface area contributed by atoms with Gasteiger partial charge < -0.3 is 34.8 Å². The molecule has 0 amide bonds. The van der Waals surface area contributed by atoms with E-state index in [0.29, 0.717) is 0 Å². The summed E-state index contributed by atoms with van der Waals surface area (Å²) in [5.41, 5.74) is 0. The molecule has 0 spiro atoms. The Kier molecular flexibility index (Phi) is 9.47. The standard InChI is InChI=1S/C6H20O8Si3/c1-7-15(8-2)13-17(11-5,12-6)14-16(9-3)10-4/h15-16H,1-6H3. The monoisotopic (exact) mass is 304 g/mol. The molecule has 11 heteroatoms. The Morgan fingerprint density at radius 3 is 1.06 bits per heavy atom. The van der Waals surface area contributed by atoms with E-state index < -0.39 is 28.1 Å². The Morgan fingerprint density at radius 2 is 0.882 bits per heavy atom. The normalized spacial score (nSPS) is 12.7. The molecule has 0 aliphatic carbocycles. The molecule has 0 N–H and O–H groups in total. The fourth-order valence-corrected chi connectivity index (χ4v) is 7.16. The van der Waals surface area contributed by atoms with Crippen molar-refractivity contribution in [1.82, 2.24) is 0 Å². The summed E-state index contributed by atoms with van der Waals surface area (Å²) in [6, 6.07) is 0. The largest absolute Gasteiger partial charge is 0.663 e. The van der Waals surface area contributed by atoms with Crippen molar-refractivity contribution in [3.05, 3.63) is 0 Å². The predicted molar refractivity (Wildman–Crippen MR) is 64.3 cm³/mol. The summed E-state index contributed by atoms with van der Waals surface area (Å²) in [4.78, 5) is 0. The second-order valence-electron chi connectivity index (χ2n) is 2.66. The van der Waals surface area contributed by atoms with Crippen LogP contribution in [0.2, 0.25) is 0 Å². The Hall–Kier alpha value is 0.331. The van der Waals surface area contributed by atoms with Crippen LogP contribution in [0.4, 0.5) is 0 Å². The average molecular weight is 304 g/mol. The van der Waals surface area contributed by atoms with E-state index >= 15 is 0 Å². The van der Waals surface area contributed by atoms with Crippen molar-refractivity contribution < 1.29 is 34.8 Å². The molecule has 0 aromatic carbocycles. The van der Waals surface area contributed by atoms with Crippen LogP contribution in [0.15, 0.2) is 0 Å². The molecular weight excluding hydrogens is 284 g/mol. The molecule has 0 aliphatic heterocycles. The van der Waals surface area contributed by atoms with Crippen LogP contribution in [0.3, 0.4) is 0 Å². The van der Waals surface area contributed by atoms with Crippen molar-refractivity contribution in [2.75, 3.05) is 42.7 Å². The molecule has 0 rings (SSSR count). The van der Waals surface area contributed by atoms with E-state index in [0.717, 1.165) is 0 Å². The van der Waals surface area contributed by atoms with Gasteiger partial charge in [0.1, 0.15) is 0 Å².